The smallest absolute Gasteiger partial charge is 0.000959 e. The van der Waals surface area contributed by atoms with Gasteiger partial charge in [0.2, 0.25) is 0 Å². The van der Waals surface area contributed by atoms with Crippen molar-refractivity contribution < 1.29 is 0 Å². The molecule has 2 aliphatic rings. The van der Waals surface area contributed by atoms with Crippen LogP contribution >= 0.6 is 0 Å². The van der Waals surface area contributed by atoms with Gasteiger partial charge in [0, 0.05) is 0 Å². The van der Waals surface area contributed by atoms with Gasteiger partial charge >= 0.3 is 0 Å². The van der Waals surface area contributed by atoms with Crippen molar-refractivity contribution in [3.8, 4) is 0 Å². The summed E-state index contributed by atoms with van der Waals surface area (Å²) >= 11 is 0. The maximum atomic E-state index is 2.39. The summed E-state index contributed by atoms with van der Waals surface area (Å²) in [6.07, 6.45) is 5.69. The average molecular weight is 170 g/mol. The van der Waals surface area contributed by atoms with Crippen LogP contribution in [0.15, 0.2) is 0 Å². The van der Waals surface area contributed by atoms with Gasteiger partial charge < -0.3 is 9.80 Å². The highest BCUT2D eigenvalue weighted by atomic mass is 15.1. The summed E-state index contributed by atoms with van der Waals surface area (Å²) in [6.45, 7) is 5.28. The first-order chi connectivity index (χ1) is 5.79. The van der Waals surface area contributed by atoms with E-state index in [-0.39, 0.29) is 0 Å². The molecule has 0 N–H and O–H groups in total. The van der Waals surface area contributed by atoms with E-state index in [9.17, 15) is 0 Å². The summed E-state index contributed by atoms with van der Waals surface area (Å²) < 4.78 is 0. The molecule has 0 aromatic carbocycles. The van der Waals surface area contributed by atoms with Crippen molar-refractivity contribution in [2.24, 2.45) is 0 Å². The van der Waals surface area contributed by atoms with E-state index < -0.39 is 0 Å². The molecule has 0 aliphatic carbocycles. The average Bonchev–Trinajstić information content (AvgIpc) is 2.04. The van der Waals surface area contributed by atoms with Gasteiger partial charge in [-0.2, -0.15) is 0 Å². The number of nitrogens with zero attached hydrogens (tertiary/aromatic N) is 2. The molecule has 0 amide bonds. The first-order valence-corrected chi connectivity index (χ1v) is 5.16. The summed E-state index contributed by atoms with van der Waals surface area (Å²) in [6, 6.07) is 0. The molecule has 2 heterocycles. The van der Waals surface area contributed by atoms with Crippen molar-refractivity contribution in [2.75, 3.05) is 40.3 Å². The van der Waals surface area contributed by atoms with E-state index in [1.165, 1.54) is 51.9 Å². The Balaban J connectivity index is 0.000000127. The Morgan fingerprint density at radius 1 is 0.583 bits per heavy atom. The monoisotopic (exact) mass is 170 g/mol. The van der Waals surface area contributed by atoms with Crippen molar-refractivity contribution in [1.82, 2.24) is 9.80 Å². The molecule has 2 fully saturated rings. The molecule has 0 radical (unpaired) electrons. The molecule has 12 heavy (non-hydrogen) atoms. The van der Waals surface area contributed by atoms with Crippen molar-refractivity contribution in [3.05, 3.63) is 0 Å². The zero-order chi connectivity index (χ0) is 8.81. The minimum absolute atomic E-state index is 1.32. The molecule has 0 saturated carbocycles. The van der Waals surface area contributed by atoms with Gasteiger partial charge in [-0.05, 0) is 59.5 Å². The first kappa shape index (κ1) is 10.0. The number of hydrogen-bond acceptors (Lipinski definition) is 2. The normalized spacial score (nSPS) is 25.5. The minimum Gasteiger partial charge on any atom is -0.306 e. The molecule has 2 heteroatoms. The van der Waals surface area contributed by atoms with Crippen LogP contribution in [-0.4, -0.2) is 50.1 Å². The second kappa shape index (κ2) is 5.55. The Morgan fingerprint density at radius 3 is 1.17 bits per heavy atom. The molecule has 0 aromatic heterocycles. The zero-order valence-corrected chi connectivity index (χ0v) is 8.55. The second-order valence-electron chi connectivity index (χ2n) is 4.02. The highest BCUT2D eigenvalue weighted by Crippen LogP contribution is 2.04. The number of piperidine rings is 1. The molecule has 0 spiro atoms. The highest BCUT2D eigenvalue weighted by molar-refractivity contribution is 4.61. The Hall–Kier alpha value is -0.0800. The van der Waals surface area contributed by atoms with Gasteiger partial charge in [0.25, 0.3) is 0 Å². The van der Waals surface area contributed by atoms with Gasteiger partial charge in [-0.1, -0.05) is 6.42 Å². The van der Waals surface area contributed by atoms with Crippen LogP contribution in [0.25, 0.3) is 0 Å². The van der Waals surface area contributed by atoms with Crippen LogP contribution in [0, 0.1) is 0 Å². The Labute approximate surface area is 76.5 Å². The molecule has 72 valence electrons. The summed E-state index contributed by atoms with van der Waals surface area (Å²) in [4.78, 5) is 4.70. The predicted molar refractivity (Wildman–Crippen MR) is 53.5 cm³/mol. The topological polar surface area (TPSA) is 6.48 Å². The van der Waals surface area contributed by atoms with E-state index in [1.54, 1.807) is 0 Å². The molecular formula is C10H22N2. The van der Waals surface area contributed by atoms with Gasteiger partial charge in [-0.15, -0.1) is 0 Å². The van der Waals surface area contributed by atoms with Crippen molar-refractivity contribution in [3.63, 3.8) is 0 Å². The van der Waals surface area contributed by atoms with Crippen LogP contribution in [0.2, 0.25) is 0 Å². The highest BCUT2D eigenvalue weighted by Gasteiger charge is 2.04. The fraction of sp³-hybridized carbons (Fsp3) is 1.00. The SMILES string of the molecule is CN1CCC1.CN1CCCCC1. The van der Waals surface area contributed by atoms with Gasteiger partial charge in [-0.25, -0.2) is 0 Å². The van der Waals surface area contributed by atoms with Crippen LogP contribution in [0.1, 0.15) is 25.7 Å². The van der Waals surface area contributed by atoms with Gasteiger partial charge in [0.05, 0.1) is 0 Å². The van der Waals surface area contributed by atoms with E-state index in [2.05, 4.69) is 23.9 Å². The molecular weight excluding hydrogens is 148 g/mol. The molecule has 2 saturated heterocycles. The van der Waals surface area contributed by atoms with Crippen LogP contribution in [0.5, 0.6) is 0 Å². The third-order valence-corrected chi connectivity index (χ3v) is 2.66. The maximum absolute atomic E-state index is 2.39. The summed E-state index contributed by atoms with van der Waals surface area (Å²) in [7, 11) is 4.34. The lowest BCUT2D eigenvalue weighted by atomic mass is 10.1. The lowest BCUT2D eigenvalue weighted by Gasteiger charge is -2.24. The third kappa shape index (κ3) is 4.07. The number of rotatable bonds is 0. The quantitative estimate of drug-likeness (QED) is 0.542. The largest absolute Gasteiger partial charge is 0.306 e. The zero-order valence-electron chi connectivity index (χ0n) is 8.55. The van der Waals surface area contributed by atoms with E-state index in [0.717, 1.165) is 0 Å². The fourth-order valence-electron chi connectivity index (χ4n) is 1.53. The first-order valence-electron chi connectivity index (χ1n) is 5.16. The number of hydrogen-bond donors (Lipinski definition) is 0. The maximum Gasteiger partial charge on any atom is -0.000959 e. The van der Waals surface area contributed by atoms with E-state index in [4.69, 9.17) is 0 Å². The van der Waals surface area contributed by atoms with Crippen molar-refractivity contribution in [1.29, 1.82) is 0 Å². The van der Waals surface area contributed by atoms with E-state index in [1.807, 2.05) is 0 Å². The molecule has 0 atom stereocenters. The van der Waals surface area contributed by atoms with Gasteiger partial charge in [0.1, 0.15) is 0 Å². The molecule has 0 unspecified atom stereocenters. The lowest BCUT2D eigenvalue weighted by Crippen LogP contribution is -2.32. The standard InChI is InChI=1S/C6H13N.C4H9N/c1-7-5-3-2-4-6-7;1-5-3-2-4-5/h2-6H2,1H3;2-4H2,1H3. The minimum atomic E-state index is 1.32. The van der Waals surface area contributed by atoms with Crippen molar-refractivity contribution >= 4 is 0 Å². The Morgan fingerprint density at radius 2 is 1.00 bits per heavy atom. The molecule has 2 rings (SSSR count). The van der Waals surface area contributed by atoms with Crippen molar-refractivity contribution in [2.45, 2.75) is 25.7 Å². The fourth-order valence-corrected chi connectivity index (χ4v) is 1.53. The summed E-state index contributed by atoms with van der Waals surface area (Å²) in [5.41, 5.74) is 0. The summed E-state index contributed by atoms with van der Waals surface area (Å²) in [5, 5.41) is 0. The van der Waals surface area contributed by atoms with E-state index >= 15 is 0 Å². The molecule has 0 aromatic rings. The molecule has 2 aliphatic heterocycles. The van der Waals surface area contributed by atoms with Crippen LogP contribution < -0.4 is 0 Å². The van der Waals surface area contributed by atoms with Gasteiger partial charge in [0.15, 0.2) is 0 Å². The second-order valence-corrected chi connectivity index (χ2v) is 4.02. The van der Waals surface area contributed by atoms with Crippen LogP contribution in [0.4, 0.5) is 0 Å². The summed E-state index contributed by atoms with van der Waals surface area (Å²) in [5.74, 6) is 0. The van der Waals surface area contributed by atoms with Crippen LogP contribution in [-0.2, 0) is 0 Å². The number of likely N-dealkylation sites (tertiary alicyclic amines) is 2. The Bertz CT molecular complexity index is 104. The molecule has 0 bridgehead atoms. The van der Waals surface area contributed by atoms with E-state index in [0.29, 0.717) is 0 Å². The molecule has 2 nitrogen and oxygen atoms in total. The van der Waals surface area contributed by atoms with Crippen LogP contribution in [0.3, 0.4) is 0 Å². The predicted octanol–water partition coefficient (Wildman–Crippen LogP) is 1.42. The van der Waals surface area contributed by atoms with Gasteiger partial charge in [-0.3, -0.25) is 0 Å². The lowest BCUT2D eigenvalue weighted by molar-refractivity contribution is 0.229. The third-order valence-electron chi connectivity index (χ3n) is 2.66. The Kier molecular flexibility index (Phi) is 4.62.